The molecule has 1 aliphatic heterocycles. The van der Waals surface area contributed by atoms with Crippen molar-refractivity contribution in [2.75, 3.05) is 18.4 Å². The molecule has 2 amide bonds. The number of aromatic amines is 1. The van der Waals surface area contributed by atoms with Crippen molar-refractivity contribution >= 4 is 29.1 Å². The van der Waals surface area contributed by atoms with Gasteiger partial charge in [-0.1, -0.05) is 19.1 Å². The van der Waals surface area contributed by atoms with E-state index >= 15 is 0 Å². The fourth-order valence-electron chi connectivity index (χ4n) is 1.97. The number of aromatic nitrogens is 2. The minimum Gasteiger partial charge on any atom is -0.389 e. The molecule has 0 saturated carbocycles. The summed E-state index contributed by atoms with van der Waals surface area (Å²) in [5.41, 5.74) is 6.10. The van der Waals surface area contributed by atoms with E-state index in [1.54, 1.807) is 4.90 Å². The van der Waals surface area contributed by atoms with Crippen LogP contribution >= 0.6 is 12.2 Å². The van der Waals surface area contributed by atoms with Crippen LogP contribution in [0.2, 0.25) is 0 Å². The molecule has 1 aliphatic rings. The topological polar surface area (TPSA) is 87.0 Å². The number of hydrogen-bond acceptors (Lipinski definition) is 3. The van der Waals surface area contributed by atoms with Gasteiger partial charge < -0.3 is 10.6 Å². The first-order chi connectivity index (χ1) is 8.58. The smallest absolute Gasteiger partial charge is 0.323 e. The number of anilines is 1. The van der Waals surface area contributed by atoms with E-state index in [1.807, 2.05) is 0 Å². The highest BCUT2D eigenvalue weighted by atomic mass is 32.1. The summed E-state index contributed by atoms with van der Waals surface area (Å²) >= 11 is 4.88. The Morgan fingerprint density at radius 1 is 1.61 bits per heavy atom. The lowest BCUT2D eigenvalue weighted by Crippen LogP contribution is -2.40. The standard InChI is InChI=1S/C11H17N5OS/c1-7-2-4-16(5-3-7)11(17)14-10-8(9(12)18)6-13-15-10/h6-7H,2-5H2,1H3,(H2,12,18)(H2,13,14,15,17). The Kier molecular flexibility index (Phi) is 3.81. The molecule has 98 valence electrons. The number of H-pyrrole nitrogens is 1. The largest absolute Gasteiger partial charge is 0.389 e. The van der Waals surface area contributed by atoms with Crippen LogP contribution in [0.4, 0.5) is 10.6 Å². The molecule has 1 aromatic rings. The first-order valence-corrected chi connectivity index (χ1v) is 6.38. The van der Waals surface area contributed by atoms with Gasteiger partial charge in [0.1, 0.15) is 10.8 Å². The molecule has 0 bridgehead atoms. The first-order valence-electron chi connectivity index (χ1n) is 5.97. The molecule has 1 saturated heterocycles. The lowest BCUT2D eigenvalue weighted by Gasteiger charge is -2.30. The number of nitrogens with one attached hydrogen (secondary N) is 2. The van der Waals surface area contributed by atoms with Crippen LogP contribution in [0.1, 0.15) is 25.3 Å². The van der Waals surface area contributed by atoms with Crippen LogP contribution in [0.5, 0.6) is 0 Å². The summed E-state index contributed by atoms with van der Waals surface area (Å²) in [6.07, 6.45) is 3.59. The highest BCUT2D eigenvalue weighted by Gasteiger charge is 2.21. The van der Waals surface area contributed by atoms with Crippen molar-refractivity contribution in [2.45, 2.75) is 19.8 Å². The number of rotatable bonds is 2. The van der Waals surface area contributed by atoms with Gasteiger partial charge in [0.2, 0.25) is 0 Å². The molecule has 0 atom stereocenters. The molecule has 6 nitrogen and oxygen atoms in total. The number of amides is 2. The zero-order chi connectivity index (χ0) is 13.1. The third-order valence-electron chi connectivity index (χ3n) is 3.21. The summed E-state index contributed by atoms with van der Waals surface area (Å²) in [6, 6.07) is -0.136. The van der Waals surface area contributed by atoms with E-state index in [4.69, 9.17) is 18.0 Å². The Labute approximate surface area is 111 Å². The predicted octanol–water partition coefficient (Wildman–Crippen LogP) is 1.31. The monoisotopic (exact) mass is 267 g/mol. The Morgan fingerprint density at radius 3 is 2.89 bits per heavy atom. The van der Waals surface area contributed by atoms with Crippen LogP contribution in [0.15, 0.2) is 6.20 Å². The van der Waals surface area contributed by atoms with Gasteiger partial charge in [-0.05, 0) is 18.8 Å². The van der Waals surface area contributed by atoms with Gasteiger partial charge in [0.25, 0.3) is 0 Å². The van der Waals surface area contributed by atoms with Gasteiger partial charge in [-0.2, -0.15) is 5.10 Å². The van der Waals surface area contributed by atoms with Gasteiger partial charge in [-0.15, -0.1) is 0 Å². The number of likely N-dealkylation sites (tertiary alicyclic amines) is 1. The molecule has 18 heavy (non-hydrogen) atoms. The highest BCUT2D eigenvalue weighted by Crippen LogP contribution is 2.17. The summed E-state index contributed by atoms with van der Waals surface area (Å²) in [5, 5.41) is 9.28. The van der Waals surface area contributed by atoms with E-state index in [9.17, 15) is 4.79 Å². The molecule has 0 spiro atoms. The lowest BCUT2D eigenvalue weighted by molar-refractivity contribution is 0.186. The second-order valence-corrected chi connectivity index (χ2v) is 5.06. The second kappa shape index (κ2) is 5.34. The summed E-state index contributed by atoms with van der Waals surface area (Å²) in [5.74, 6) is 1.15. The molecule has 0 aliphatic carbocycles. The van der Waals surface area contributed by atoms with Crippen LogP contribution in [0, 0.1) is 5.92 Å². The van der Waals surface area contributed by atoms with E-state index in [1.165, 1.54) is 6.20 Å². The quantitative estimate of drug-likeness (QED) is 0.705. The summed E-state index contributed by atoms with van der Waals surface area (Å²) < 4.78 is 0. The van der Waals surface area contributed by atoms with E-state index in [0.717, 1.165) is 25.9 Å². The molecular weight excluding hydrogens is 250 g/mol. The van der Waals surface area contributed by atoms with Gasteiger partial charge in [0.15, 0.2) is 0 Å². The van der Waals surface area contributed by atoms with E-state index < -0.39 is 0 Å². The molecule has 1 aromatic heterocycles. The zero-order valence-electron chi connectivity index (χ0n) is 10.3. The highest BCUT2D eigenvalue weighted by molar-refractivity contribution is 7.80. The van der Waals surface area contributed by atoms with Crippen molar-refractivity contribution in [2.24, 2.45) is 11.7 Å². The lowest BCUT2D eigenvalue weighted by atomic mass is 10.00. The third-order valence-corrected chi connectivity index (χ3v) is 3.43. The molecular formula is C11H17N5OS. The van der Waals surface area contributed by atoms with Gasteiger partial charge in [-0.3, -0.25) is 10.4 Å². The number of hydrogen-bond donors (Lipinski definition) is 3. The van der Waals surface area contributed by atoms with E-state index in [0.29, 0.717) is 17.3 Å². The number of thiocarbonyl (C=S) groups is 1. The van der Waals surface area contributed by atoms with Crippen molar-refractivity contribution in [1.82, 2.24) is 15.1 Å². The number of carbonyl (C=O) groups excluding carboxylic acids is 1. The molecule has 0 radical (unpaired) electrons. The number of nitrogens with two attached hydrogens (primary N) is 1. The number of carbonyl (C=O) groups is 1. The molecule has 0 aromatic carbocycles. The predicted molar refractivity (Wildman–Crippen MR) is 73.5 cm³/mol. The Bertz CT molecular complexity index is 450. The molecule has 4 N–H and O–H groups in total. The zero-order valence-corrected chi connectivity index (χ0v) is 11.1. The number of piperidine rings is 1. The molecule has 0 unspecified atom stereocenters. The summed E-state index contributed by atoms with van der Waals surface area (Å²) in [4.78, 5) is 14.0. The second-order valence-electron chi connectivity index (χ2n) is 4.62. The SMILES string of the molecule is CC1CCN(C(=O)Nc2[nH]ncc2C(N)=S)CC1. The van der Waals surface area contributed by atoms with Gasteiger partial charge >= 0.3 is 6.03 Å². The number of urea groups is 1. The maximum atomic E-state index is 12.0. The molecule has 2 heterocycles. The third kappa shape index (κ3) is 2.79. The average Bonchev–Trinajstić information content (AvgIpc) is 2.78. The van der Waals surface area contributed by atoms with Crippen molar-refractivity contribution in [1.29, 1.82) is 0 Å². The van der Waals surface area contributed by atoms with Gasteiger partial charge in [0, 0.05) is 13.1 Å². The Balaban J connectivity index is 1.98. The van der Waals surface area contributed by atoms with Gasteiger partial charge in [-0.25, -0.2) is 4.79 Å². The minimum absolute atomic E-state index is 0.136. The maximum absolute atomic E-state index is 12.0. The molecule has 7 heteroatoms. The van der Waals surface area contributed by atoms with Crippen molar-refractivity contribution in [3.8, 4) is 0 Å². The van der Waals surface area contributed by atoms with E-state index in [-0.39, 0.29) is 11.0 Å². The summed E-state index contributed by atoms with van der Waals surface area (Å²) in [6.45, 7) is 3.77. The maximum Gasteiger partial charge on any atom is 0.323 e. The molecule has 1 fully saturated rings. The summed E-state index contributed by atoms with van der Waals surface area (Å²) in [7, 11) is 0. The number of nitrogens with zero attached hydrogens (tertiary/aromatic N) is 2. The van der Waals surface area contributed by atoms with Crippen LogP contribution < -0.4 is 11.1 Å². The van der Waals surface area contributed by atoms with Crippen molar-refractivity contribution in [3.63, 3.8) is 0 Å². The minimum atomic E-state index is -0.136. The Morgan fingerprint density at radius 2 is 2.28 bits per heavy atom. The van der Waals surface area contributed by atoms with Crippen molar-refractivity contribution < 1.29 is 4.79 Å². The van der Waals surface area contributed by atoms with Crippen molar-refractivity contribution in [3.05, 3.63) is 11.8 Å². The molecule has 2 rings (SSSR count). The fraction of sp³-hybridized carbons (Fsp3) is 0.545. The normalized spacial score (nSPS) is 16.6. The fourth-order valence-corrected chi connectivity index (χ4v) is 2.12. The Hall–Kier alpha value is -1.63. The van der Waals surface area contributed by atoms with Gasteiger partial charge in [0.05, 0.1) is 11.8 Å². The van der Waals surface area contributed by atoms with Crippen LogP contribution in [0.3, 0.4) is 0 Å². The van der Waals surface area contributed by atoms with Crippen LogP contribution in [-0.4, -0.2) is 39.2 Å². The van der Waals surface area contributed by atoms with Crippen LogP contribution in [0.25, 0.3) is 0 Å². The first kappa shape index (κ1) is 12.8. The van der Waals surface area contributed by atoms with E-state index in [2.05, 4.69) is 22.4 Å². The van der Waals surface area contributed by atoms with Crippen LogP contribution in [-0.2, 0) is 0 Å². The average molecular weight is 267 g/mol.